The van der Waals surface area contributed by atoms with Crippen molar-refractivity contribution in [1.82, 2.24) is 5.32 Å². The van der Waals surface area contributed by atoms with Gasteiger partial charge in [-0.25, -0.2) is 0 Å². The SMILES string of the molecule is CC(=O)CC(C)(C)NC(=O)C[n+]1ccccc1. The summed E-state index contributed by atoms with van der Waals surface area (Å²) in [7, 11) is 0. The summed E-state index contributed by atoms with van der Waals surface area (Å²) in [6, 6.07) is 5.63. The second-order valence-corrected chi connectivity index (χ2v) is 4.86. The van der Waals surface area contributed by atoms with Gasteiger partial charge < -0.3 is 5.32 Å². The molecule has 0 spiro atoms. The average Bonchev–Trinajstić information content (AvgIpc) is 2.15. The van der Waals surface area contributed by atoms with Crippen molar-refractivity contribution in [3.63, 3.8) is 0 Å². The predicted molar refractivity (Wildman–Crippen MR) is 64.2 cm³/mol. The molecule has 0 unspecified atom stereocenters. The molecule has 1 aromatic rings. The van der Waals surface area contributed by atoms with Gasteiger partial charge in [-0.15, -0.1) is 0 Å². The van der Waals surface area contributed by atoms with E-state index in [4.69, 9.17) is 0 Å². The van der Waals surface area contributed by atoms with Crippen LogP contribution < -0.4 is 9.88 Å². The van der Waals surface area contributed by atoms with Crippen molar-refractivity contribution in [3.8, 4) is 0 Å². The Morgan fingerprint density at radius 3 is 2.29 bits per heavy atom. The molecule has 0 aliphatic carbocycles. The van der Waals surface area contributed by atoms with Crippen molar-refractivity contribution in [2.75, 3.05) is 0 Å². The third kappa shape index (κ3) is 5.24. The molecular weight excluding hydrogens is 216 g/mol. The first-order valence-electron chi connectivity index (χ1n) is 5.63. The van der Waals surface area contributed by atoms with Crippen LogP contribution >= 0.6 is 0 Å². The van der Waals surface area contributed by atoms with E-state index in [0.717, 1.165) is 0 Å². The van der Waals surface area contributed by atoms with Crippen LogP contribution in [0, 0.1) is 0 Å². The van der Waals surface area contributed by atoms with Crippen LogP contribution in [0.1, 0.15) is 27.2 Å². The molecule has 0 saturated carbocycles. The molecule has 4 nitrogen and oxygen atoms in total. The fourth-order valence-corrected chi connectivity index (χ4v) is 1.79. The van der Waals surface area contributed by atoms with Gasteiger partial charge in [0.05, 0.1) is 0 Å². The minimum atomic E-state index is -0.488. The molecule has 1 heterocycles. The molecule has 0 aliphatic rings. The van der Waals surface area contributed by atoms with Crippen LogP contribution in [0.4, 0.5) is 0 Å². The molecule has 1 N–H and O–H groups in total. The molecule has 17 heavy (non-hydrogen) atoms. The third-order valence-corrected chi connectivity index (χ3v) is 2.27. The molecule has 1 rings (SSSR count). The number of rotatable bonds is 5. The standard InChI is InChI=1S/C13H18N2O2/c1-11(16)9-13(2,3)14-12(17)10-15-7-5-4-6-8-15/h4-8H,9-10H2,1-3H3/p+1. The zero-order valence-corrected chi connectivity index (χ0v) is 10.6. The fraction of sp³-hybridized carbons (Fsp3) is 0.462. The molecule has 0 saturated heterocycles. The average molecular weight is 235 g/mol. The van der Waals surface area contributed by atoms with Gasteiger partial charge in [-0.2, -0.15) is 4.57 Å². The highest BCUT2D eigenvalue weighted by Crippen LogP contribution is 2.08. The number of aromatic nitrogens is 1. The van der Waals surface area contributed by atoms with Crippen LogP contribution in [0.5, 0.6) is 0 Å². The molecule has 0 bridgehead atoms. The quantitative estimate of drug-likeness (QED) is 0.769. The highest BCUT2D eigenvalue weighted by Gasteiger charge is 2.23. The first kappa shape index (κ1) is 13.4. The van der Waals surface area contributed by atoms with E-state index in [1.54, 1.807) is 4.57 Å². The van der Waals surface area contributed by atoms with Crippen molar-refractivity contribution < 1.29 is 14.2 Å². The van der Waals surface area contributed by atoms with Crippen LogP contribution in [0.15, 0.2) is 30.6 Å². The number of hydrogen-bond acceptors (Lipinski definition) is 2. The summed E-state index contributed by atoms with van der Waals surface area (Å²) in [5.41, 5.74) is -0.488. The number of nitrogens with one attached hydrogen (secondary N) is 1. The Morgan fingerprint density at radius 1 is 1.18 bits per heavy atom. The minimum absolute atomic E-state index is 0.0719. The number of pyridine rings is 1. The van der Waals surface area contributed by atoms with Crippen LogP contribution in [-0.2, 0) is 16.1 Å². The molecule has 0 aromatic carbocycles. The van der Waals surface area contributed by atoms with E-state index in [2.05, 4.69) is 5.32 Å². The summed E-state index contributed by atoms with van der Waals surface area (Å²) >= 11 is 0. The molecule has 0 radical (unpaired) electrons. The number of carbonyl (C=O) groups excluding carboxylic acids is 2. The topological polar surface area (TPSA) is 50.1 Å². The summed E-state index contributed by atoms with van der Waals surface area (Å²) in [5, 5.41) is 2.86. The smallest absolute Gasteiger partial charge is 0.286 e. The highest BCUT2D eigenvalue weighted by molar-refractivity contribution is 5.79. The Morgan fingerprint density at radius 2 is 1.76 bits per heavy atom. The van der Waals surface area contributed by atoms with E-state index < -0.39 is 5.54 Å². The Balaban J connectivity index is 2.52. The number of nitrogens with zero attached hydrogens (tertiary/aromatic N) is 1. The van der Waals surface area contributed by atoms with Crippen molar-refractivity contribution >= 4 is 11.7 Å². The van der Waals surface area contributed by atoms with Gasteiger partial charge in [0.15, 0.2) is 12.4 Å². The maximum Gasteiger partial charge on any atom is 0.286 e. The summed E-state index contributed by atoms with van der Waals surface area (Å²) in [6.07, 6.45) is 4.01. The lowest BCUT2D eigenvalue weighted by atomic mass is 9.98. The monoisotopic (exact) mass is 235 g/mol. The maximum absolute atomic E-state index is 11.8. The molecule has 1 amide bonds. The second-order valence-electron chi connectivity index (χ2n) is 4.86. The van der Waals surface area contributed by atoms with Gasteiger partial charge in [0.25, 0.3) is 5.91 Å². The van der Waals surface area contributed by atoms with E-state index in [1.165, 1.54) is 6.92 Å². The van der Waals surface area contributed by atoms with E-state index in [1.807, 2.05) is 44.4 Å². The van der Waals surface area contributed by atoms with Gasteiger partial charge in [-0.05, 0) is 20.8 Å². The van der Waals surface area contributed by atoms with Crippen LogP contribution in [0.25, 0.3) is 0 Å². The van der Waals surface area contributed by atoms with Gasteiger partial charge in [-0.3, -0.25) is 9.59 Å². The largest absolute Gasteiger partial charge is 0.345 e. The molecular formula is C13H19N2O2+. The Labute approximate surface area is 102 Å². The molecule has 0 fully saturated rings. The number of Topliss-reactive ketones (excluding diaryl/α,β-unsaturated/α-hetero) is 1. The summed E-state index contributed by atoms with van der Waals surface area (Å²) < 4.78 is 1.79. The number of carbonyl (C=O) groups is 2. The summed E-state index contributed by atoms with van der Waals surface area (Å²) in [5.74, 6) is -0.0184. The van der Waals surface area contributed by atoms with E-state index in [9.17, 15) is 9.59 Å². The zero-order valence-electron chi connectivity index (χ0n) is 10.6. The van der Waals surface area contributed by atoms with Gasteiger partial charge in [0.1, 0.15) is 5.78 Å². The third-order valence-electron chi connectivity index (χ3n) is 2.27. The molecule has 92 valence electrons. The maximum atomic E-state index is 11.8. The zero-order chi connectivity index (χ0) is 12.9. The van der Waals surface area contributed by atoms with Crippen molar-refractivity contribution in [1.29, 1.82) is 0 Å². The van der Waals surface area contributed by atoms with Crippen molar-refractivity contribution in [3.05, 3.63) is 30.6 Å². The molecule has 0 aliphatic heterocycles. The number of hydrogen-bond donors (Lipinski definition) is 1. The van der Waals surface area contributed by atoms with Gasteiger partial charge in [-0.1, -0.05) is 6.07 Å². The van der Waals surface area contributed by atoms with E-state index in [0.29, 0.717) is 6.42 Å². The lowest BCUT2D eigenvalue weighted by Crippen LogP contribution is -2.50. The fourth-order valence-electron chi connectivity index (χ4n) is 1.79. The number of ketones is 1. The second kappa shape index (κ2) is 5.57. The lowest BCUT2D eigenvalue weighted by molar-refractivity contribution is -0.684. The predicted octanol–water partition coefficient (Wildman–Crippen LogP) is 0.848. The van der Waals surface area contributed by atoms with Crippen LogP contribution in [0.3, 0.4) is 0 Å². The Bertz CT molecular complexity index is 399. The normalized spacial score (nSPS) is 11.0. The van der Waals surface area contributed by atoms with Crippen LogP contribution in [0.2, 0.25) is 0 Å². The molecule has 1 aromatic heterocycles. The van der Waals surface area contributed by atoms with Crippen molar-refractivity contribution in [2.45, 2.75) is 39.3 Å². The summed E-state index contributed by atoms with van der Waals surface area (Å²) in [6.45, 7) is 5.49. The highest BCUT2D eigenvalue weighted by atomic mass is 16.2. The van der Waals surface area contributed by atoms with Crippen molar-refractivity contribution in [2.24, 2.45) is 0 Å². The first-order chi connectivity index (χ1) is 7.89. The molecule has 4 heteroatoms. The minimum Gasteiger partial charge on any atom is -0.345 e. The van der Waals surface area contributed by atoms with Gasteiger partial charge in [0, 0.05) is 24.1 Å². The molecule has 0 atom stereocenters. The Hall–Kier alpha value is -1.71. The first-order valence-corrected chi connectivity index (χ1v) is 5.63. The summed E-state index contributed by atoms with van der Waals surface area (Å²) in [4.78, 5) is 22.8. The Kier molecular flexibility index (Phi) is 4.37. The lowest BCUT2D eigenvalue weighted by Gasteiger charge is -2.24. The van der Waals surface area contributed by atoms with Gasteiger partial charge >= 0.3 is 0 Å². The van der Waals surface area contributed by atoms with E-state index in [-0.39, 0.29) is 18.2 Å². The van der Waals surface area contributed by atoms with E-state index >= 15 is 0 Å². The number of amides is 1. The van der Waals surface area contributed by atoms with Gasteiger partial charge in [0.2, 0.25) is 6.54 Å². The van der Waals surface area contributed by atoms with Crippen LogP contribution in [-0.4, -0.2) is 17.2 Å².